The molecule has 2 aromatic rings. The molecule has 0 aliphatic rings. The molecule has 0 bridgehead atoms. The number of hydrogen-bond donors (Lipinski definition) is 1. The van der Waals surface area contributed by atoms with Crippen molar-refractivity contribution in [2.24, 2.45) is 0 Å². The zero-order valence-electron chi connectivity index (χ0n) is 14.5. The van der Waals surface area contributed by atoms with Crippen LogP contribution >= 0.6 is 0 Å². The average Bonchev–Trinajstić information content (AvgIpc) is 2.62. The zero-order valence-corrected chi connectivity index (χ0v) is 14.5. The molecule has 0 saturated heterocycles. The monoisotopic (exact) mass is 346 g/mol. The molecule has 0 fully saturated rings. The fourth-order valence-electron chi connectivity index (χ4n) is 2.30. The van der Waals surface area contributed by atoms with Crippen LogP contribution < -0.4 is 9.47 Å². The Labute approximate surface area is 146 Å². The van der Waals surface area contributed by atoms with Gasteiger partial charge in [0.05, 0.1) is 6.61 Å². The Kier molecular flexibility index (Phi) is 6.94. The smallest absolute Gasteiger partial charge is 0.308 e. The van der Waals surface area contributed by atoms with E-state index in [9.17, 15) is 9.90 Å². The number of carbonyl (C=O) groups is 1. The van der Waals surface area contributed by atoms with Crippen LogP contribution in [0.25, 0.3) is 0 Å². The van der Waals surface area contributed by atoms with Crippen molar-refractivity contribution in [3.8, 4) is 11.5 Å². The summed E-state index contributed by atoms with van der Waals surface area (Å²) >= 11 is 0. The number of carbonyl (C=O) groups excluding carboxylic acids is 1. The van der Waals surface area contributed by atoms with Gasteiger partial charge in [0.2, 0.25) is 0 Å². The first kappa shape index (κ1) is 18.9. The third kappa shape index (κ3) is 5.29. The van der Waals surface area contributed by atoms with Crippen molar-refractivity contribution < 1.29 is 28.8 Å². The quantitative estimate of drug-likeness (QED) is 0.450. The average molecular weight is 346 g/mol. The molecule has 0 atom stereocenters. The van der Waals surface area contributed by atoms with Crippen LogP contribution in [0.1, 0.15) is 29.9 Å². The van der Waals surface area contributed by atoms with Crippen LogP contribution in [0.15, 0.2) is 42.5 Å². The summed E-state index contributed by atoms with van der Waals surface area (Å²) in [5.74, 6) is 0.286. The van der Waals surface area contributed by atoms with E-state index in [4.69, 9.17) is 18.9 Å². The predicted octanol–water partition coefficient (Wildman–Crippen LogP) is 2.97. The molecule has 0 spiro atoms. The second kappa shape index (κ2) is 9.17. The summed E-state index contributed by atoms with van der Waals surface area (Å²) in [6, 6.07) is 12.5. The van der Waals surface area contributed by atoms with E-state index in [0.717, 1.165) is 11.1 Å². The van der Waals surface area contributed by atoms with Crippen molar-refractivity contribution in [1.29, 1.82) is 0 Å². The Bertz CT molecular complexity index is 692. The van der Waals surface area contributed by atoms with Gasteiger partial charge >= 0.3 is 5.97 Å². The van der Waals surface area contributed by atoms with Gasteiger partial charge in [0, 0.05) is 26.7 Å². The summed E-state index contributed by atoms with van der Waals surface area (Å²) in [4.78, 5) is 11.2. The zero-order chi connectivity index (χ0) is 18.2. The lowest BCUT2D eigenvalue weighted by molar-refractivity contribution is -0.132. The molecule has 0 heterocycles. The molecular weight excluding hydrogens is 324 g/mol. The molecule has 6 heteroatoms. The van der Waals surface area contributed by atoms with Crippen LogP contribution in [0, 0.1) is 0 Å². The van der Waals surface area contributed by atoms with Gasteiger partial charge < -0.3 is 24.1 Å². The van der Waals surface area contributed by atoms with E-state index in [0.29, 0.717) is 17.1 Å². The first-order chi connectivity index (χ1) is 12.1. The third-order valence-electron chi connectivity index (χ3n) is 3.52. The first-order valence-electron chi connectivity index (χ1n) is 7.76. The highest BCUT2D eigenvalue weighted by Crippen LogP contribution is 2.29. The molecule has 0 amide bonds. The van der Waals surface area contributed by atoms with E-state index < -0.39 is 12.3 Å². The summed E-state index contributed by atoms with van der Waals surface area (Å²) < 4.78 is 21.3. The predicted molar refractivity (Wildman–Crippen MR) is 91.2 cm³/mol. The number of aliphatic hydroxyl groups excluding tert-OH is 1. The molecule has 0 saturated carbocycles. The fourth-order valence-corrected chi connectivity index (χ4v) is 2.30. The van der Waals surface area contributed by atoms with Crippen LogP contribution in [0.5, 0.6) is 11.5 Å². The molecule has 0 radical (unpaired) electrons. The fraction of sp³-hybridized carbons (Fsp3) is 0.316. The van der Waals surface area contributed by atoms with E-state index in [1.807, 2.05) is 24.3 Å². The second-order valence-corrected chi connectivity index (χ2v) is 5.37. The van der Waals surface area contributed by atoms with Crippen molar-refractivity contribution in [3.05, 3.63) is 59.2 Å². The van der Waals surface area contributed by atoms with Gasteiger partial charge in [0.15, 0.2) is 17.8 Å². The summed E-state index contributed by atoms with van der Waals surface area (Å²) in [6.07, 6.45) is -0.410. The number of methoxy groups -OCH3 is 2. The molecule has 0 aliphatic heterocycles. The van der Waals surface area contributed by atoms with Crippen LogP contribution in [0.4, 0.5) is 0 Å². The number of rotatable bonds is 8. The number of esters is 1. The molecule has 134 valence electrons. The normalized spacial score (nSPS) is 10.8. The van der Waals surface area contributed by atoms with Gasteiger partial charge in [-0.15, -0.1) is 0 Å². The third-order valence-corrected chi connectivity index (χ3v) is 3.52. The van der Waals surface area contributed by atoms with E-state index in [1.165, 1.54) is 6.92 Å². The van der Waals surface area contributed by atoms with E-state index in [1.54, 1.807) is 32.4 Å². The standard InChI is InChI=1S/C19H22O6/c1-13(21)25-17-9-6-15(11-20)10-18(17)24-12-14-4-7-16(8-5-14)19(22-2)23-3/h4-10,19-20H,11-12H2,1-3H3. The van der Waals surface area contributed by atoms with Crippen LogP contribution in [0.3, 0.4) is 0 Å². The maximum atomic E-state index is 11.2. The van der Waals surface area contributed by atoms with Gasteiger partial charge in [-0.25, -0.2) is 0 Å². The molecule has 0 unspecified atom stereocenters. The Morgan fingerprint density at radius 1 is 1.00 bits per heavy atom. The van der Waals surface area contributed by atoms with E-state index in [2.05, 4.69) is 0 Å². The Morgan fingerprint density at radius 3 is 2.20 bits per heavy atom. The number of ether oxygens (including phenoxy) is 4. The van der Waals surface area contributed by atoms with Crippen molar-refractivity contribution in [2.75, 3.05) is 14.2 Å². The lowest BCUT2D eigenvalue weighted by atomic mass is 10.1. The number of benzene rings is 2. The number of hydrogen-bond acceptors (Lipinski definition) is 6. The lowest BCUT2D eigenvalue weighted by Gasteiger charge is -2.15. The largest absolute Gasteiger partial charge is 0.485 e. The van der Waals surface area contributed by atoms with Gasteiger partial charge in [-0.3, -0.25) is 4.79 Å². The summed E-state index contributed by atoms with van der Waals surface area (Å²) in [7, 11) is 3.16. The van der Waals surface area contributed by atoms with E-state index in [-0.39, 0.29) is 13.2 Å². The number of aliphatic hydroxyl groups is 1. The van der Waals surface area contributed by atoms with Crippen LogP contribution in [-0.2, 0) is 27.5 Å². The van der Waals surface area contributed by atoms with Crippen molar-refractivity contribution in [2.45, 2.75) is 26.4 Å². The summed E-state index contributed by atoms with van der Waals surface area (Å²) in [5.41, 5.74) is 2.50. The van der Waals surface area contributed by atoms with E-state index >= 15 is 0 Å². The molecule has 2 rings (SSSR count). The molecule has 6 nitrogen and oxygen atoms in total. The topological polar surface area (TPSA) is 74.2 Å². The van der Waals surface area contributed by atoms with Crippen molar-refractivity contribution in [3.63, 3.8) is 0 Å². The van der Waals surface area contributed by atoms with Gasteiger partial charge in [-0.1, -0.05) is 30.3 Å². The SMILES string of the molecule is COC(OC)c1ccc(COc2cc(CO)ccc2OC(C)=O)cc1. The van der Waals surface area contributed by atoms with Gasteiger partial charge in [-0.2, -0.15) is 0 Å². The van der Waals surface area contributed by atoms with Gasteiger partial charge in [-0.05, 0) is 23.3 Å². The summed E-state index contributed by atoms with van der Waals surface area (Å²) in [5, 5.41) is 9.26. The summed E-state index contributed by atoms with van der Waals surface area (Å²) in [6.45, 7) is 1.49. The van der Waals surface area contributed by atoms with Crippen LogP contribution in [0.2, 0.25) is 0 Å². The van der Waals surface area contributed by atoms with Gasteiger partial charge in [0.1, 0.15) is 6.61 Å². The molecule has 1 N–H and O–H groups in total. The highest BCUT2D eigenvalue weighted by molar-refractivity contribution is 5.70. The van der Waals surface area contributed by atoms with Crippen molar-refractivity contribution >= 4 is 5.97 Å². The minimum Gasteiger partial charge on any atom is -0.485 e. The molecule has 0 aliphatic carbocycles. The highest BCUT2D eigenvalue weighted by atomic mass is 16.7. The minimum atomic E-state index is -0.434. The maximum Gasteiger partial charge on any atom is 0.308 e. The van der Waals surface area contributed by atoms with Gasteiger partial charge in [0.25, 0.3) is 0 Å². The second-order valence-electron chi connectivity index (χ2n) is 5.37. The Morgan fingerprint density at radius 2 is 1.64 bits per heavy atom. The van der Waals surface area contributed by atoms with Crippen LogP contribution in [-0.4, -0.2) is 25.3 Å². The Hall–Kier alpha value is -2.41. The highest BCUT2D eigenvalue weighted by Gasteiger charge is 2.11. The molecule has 0 aromatic heterocycles. The molecule has 25 heavy (non-hydrogen) atoms. The Balaban J connectivity index is 2.10. The molecular formula is C19H22O6. The molecule has 2 aromatic carbocycles. The first-order valence-corrected chi connectivity index (χ1v) is 7.76. The minimum absolute atomic E-state index is 0.124. The lowest BCUT2D eigenvalue weighted by Crippen LogP contribution is -2.06. The van der Waals surface area contributed by atoms with Crippen molar-refractivity contribution in [1.82, 2.24) is 0 Å². The maximum absolute atomic E-state index is 11.2.